The topological polar surface area (TPSA) is 41.6 Å². The standard InChI is InChI=1S/C14H20N2O2S/c1-10(9-19-3)16-13(17)8-15-14(16)11-5-4-6-12(7-11)18-2/h4-7,10,14-15H,8-9H2,1-3H3. The van der Waals surface area contributed by atoms with E-state index in [1.165, 1.54) is 0 Å². The first kappa shape index (κ1) is 14.2. The zero-order chi connectivity index (χ0) is 13.8. The SMILES string of the molecule is COc1cccc(C2NCC(=O)N2C(C)CSC)c1. The largest absolute Gasteiger partial charge is 0.497 e. The van der Waals surface area contributed by atoms with E-state index in [1.807, 2.05) is 29.2 Å². The van der Waals surface area contributed by atoms with E-state index in [4.69, 9.17) is 4.74 Å². The number of rotatable bonds is 5. The third kappa shape index (κ3) is 3.04. The third-order valence-electron chi connectivity index (χ3n) is 3.31. The first-order valence-electron chi connectivity index (χ1n) is 6.34. The molecule has 1 saturated heterocycles. The lowest BCUT2D eigenvalue weighted by atomic mass is 10.1. The van der Waals surface area contributed by atoms with Gasteiger partial charge in [0.15, 0.2) is 0 Å². The Balaban J connectivity index is 2.24. The number of benzene rings is 1. The Kier molecular flexibility index (Phi) is 4.71. The summed E-state index contributed by atoms with van der Waals surface area (Å²) in [4.78, 5) is 14.0. The Morgan fingerprint density at radius 1 is 1.58 bits per heavy atom. The highest BCUT2D eigenvalue weighted by molar-refractivity contribution is 7.98. The molecule has 1 aromatic carbocycles. The number of nitrogens with zero attached hydrogens (tertiary/aromatic N) is 1. The zero-order valence-corrected chi connectivity index (χ0v) is 12.4. The molecule has 1 aromatic rings. The van der Waals surface area contributed by atoms with Gasteiger partial charge < -0.3 is 9.64 Å². The van der Waals surface area contributed by atoms with E-state index in [-0.39, 0.29) is 18.1 Å². The molecule has 4 nitrogen and oxygen atoms in total. The number of nitrogens with one attached hydrogen (secondary N) is 1. The molecule has 19 heavy (non-hydrogen) atoms. The quantitative estimate of drug-likeness (QED) is 0.894. The number of carbonyl (C=O) groups is 1. The molecule has 2 rings (SSSR count). The van der Waals surface area contributed by atoms with Crippen molar-refractivity contribution in [3.63, 3.8) is 0 Å². The number of amides is 1. The van der Waals surface area contributed by atoms with Crippen LogP contribution in [0, 0.1) is 0 Å². The van der Waals surface area contributed by atoms with Crippen LogP contribution in [0.3, 0.4) is 0 Å². The average Bonchev–Trinajstić information content (AvgIpc) is 2.81. The van der Waals surface area contributed by atoms with Gasteiger partial charge in [0.1, 0.15) is 11.9 Å². The molecule has 0 bridgehead atoms. The van der Waals surface area contributed by atoms with Crippen LogP contribution in [0.15, 0.2) is 24.3 Å². The van der Waals surface area contributed by atoms with E-state index in [1.54, 1.807) is 18.9 Å². The fraction of sp³-hybridized carbons (Fsp3) is 0.500. The summed E-state index contributed by atoms with van der Waals surface area (Å²) >= 11 is 1.76. The molecular weight excluding hydrogens is 260 g/mol. The molecule has 1 N–H and O–H groups in total. The van der Waals surface area contributed by atoms with Crippen LogP contribution in [0.4, 0.5) is 0 Å². The van der Waals surface area contributed by atoms with Crippen LogP contribution >= 0.6 is 11.8 Å². The molecular formula is C14H20N2O2S. The van der Waals surface area contributed by atoms with Gasteiger partial charge in [0.2, 0.25) is 5.91 Å². The van der Waals surface area contributed by atoms with Gasteiger partial charge in [-0.05, 0) is 30.9 Å². The van der Waals surface area contributed by atoms with Crippen LogP contribution in [-0.2, 0) is 4.79 Å². The lowest BCUT2D eigenvalue weighted by Gasteiger charge is -2.30. The van der Waals surface area contributed by atoms with Crippen molar-refractivity contribution in [1.29, 1.82) is 0 Å². The molecule has 1 amide bonds. The highest BCUT2D eigenvalue weighted by Gasteiger charge is 2.34. The molecule has 0 spiro atoms. The normalized spacial score (nSPS) is 20.7. The van der Waals surface area contributed by atoms with Crippen LogP contribution in [0.1, 0.15) is 18.7 Å². The van der Waals surface area contributed by atoms with Gasteiger partial charge in [-0.1, -0.05) is 12.1 Å². The van der Waals surface area contributed by atoms with Gasteiger partial charge in [0.25, 0.3) is 0 Å². The second-order valence-electron chi connectivity index (χ2n) is 4.67. The number of methoxy groups -OCH3 is 1. The van der Waals surface area contributed by atoms with Crippen LogP contribution < -0.4 is 10.1 Å². The molecule has 1 heterocycles. The van der Waals surface area contributed by atoms with Crippen LogP contribution in [0.2, 0.25) is 0 Å². The number of ether oxygens (including phenoxy) is 1. The monoisotopic (exact) mass is 280 g/mol. The highest BCUT2D eigenvalue weighted by Crippen LogP contribution is 2.27. The highest BCUT2D eigenvalue weighted by atomic mass is 32.2. The van der Waals surface area contributed by atoms with E-state index < -0.39 is 0 Å². The molecule has 2 unspecified atom stereocenters. The summed E-state index contributed by atoms with van der Waals surface area (Å²) in [6.07, 6.45) is 2.01. The minimum Gasteiger partial charge on any atom is -0.497 e. The van der Waals surface area contributed by atoms with Gasteiger partial charge >= 0.3 is 0 Å². The van der Waals surface area contributed by atoms with Crippen molar-refractivity contribution < 1.29 is 9.53 Å². The van der Waals surface area contributed by atoms with Crippen LogP contribution in [0.5, 0.6) is 5.75 Å². The Morgan fingerprint density at radius 2 is 2.37 bits per heavy atom. The van der Waals surface area contributed by atoms with Gasteiger partial charge in [0, 0.05) is 11.8 Å². The molecule has 0 saturated carbocycles. The average molecular weight is 280 g/mol. The summed E-state index contributed by atoms with van der Waals surface area (Å²) in [6.45, 7) is 2.50. The van der Waals surface area contributed by atoms with Gasteiger partial charge in [-0.3, -0.25) is 10.1 Å². The van der Waals surface area contributed by atoms with E-state index in [0.29, 0.717) is 6.54 Å². The van der Waals surface area contributed by atoms with Crippen molar-refractivity contribution in [3.05, 3.63) is 29.8 Å². The molecule has 5 heteroatoms. The first-order valence-corrected chi connectivity index (χ1v) is 7.74. The number of carbonyl (C=O) groups excluding carboxylic acids is 1. The molecule has 0 aliphatic carbocycles. The summed E-state index contributed by atoms with van der Waals surface area (Å²) in [7, 11) is 1.65. The lowest BCUT2D eigenvalue weighted by molar-refractivity contribution is -0.129. The van der Waals surface area contributed by atoms with E-state index in [0.717, 1.165) is 17.1 Å². The van der Waals surface area contributed by atoms with Crippen molar-refractivity contribution in [3.8, 4) is 5.75 Å². The fourth-order valence-corrected chi connectivity index (χ4v) is 3.07. The summed E-state index contributed by atoms with van der Waals surface area (Å²) in [6, 6.07) is 8.09. The van der Waals surface area contributed by atoms with E-state index in [2.05, 4.69) is 18.5 Å². The summed E-state index contributed by atoms with van der Waals surface area (Å²) < 4.78 is 5.25. The maximum absolute atomic E-state index is 12.1. The minimum absolute atomic E-state index is 0.0512. The van der Waals surface area contributed by atoms with Gasteiger partial charge in [-0.15, -0.1) is 0 Å². The van der Waals surface area contributed by atoms with Crippen LogP contribution in [-0.4, -0.2) is 42.5 Å². The predicted octanol–water partition coefficient (Wildman–Crippen LogP) is 1.88. The Morgan fingerprint density at radius 3 is 3.05 bits per heavy atom. The zero-order valence-electron chi connectivity index (χ0n) is 11.6. The smallest absolute Gasteiger partial charge is 0.238 e. The van der Waals surface area contributed by atoms with Crippen molar-refractivity contribution in [2.45, 2.75) is 19.1 Å². The van der Waals surface area contributed by atoms with E-state index in [9.17, 15) is 4.79 Å². The Labute approximate surface area is 118 Å². The molecule has 2 atom stereocenters. The molecule has 104 valence electrons. The second-order valence-corrected chi connectivity index (χ2v) is 5.58. The van der Waals surface area contributed by atoms with Crippen molar-refractivity contribution >= 4 is 17.7 Å². The van der Waals surface area contributed by atoms with Crippen LogP contribution in [0.25, 0.3) is 0 Å². The van der Waals surface area contributed by atoms with Gasteiger partial charge in [-0.2, -0.15) is 11.8 Å². The lowest BCUT2D eigenvalue weighted by Crippen LogP contribution is -2.39. The summed E-state index contributed by atoms with van der Waals surface area (Å²) in [5.41, 5.74) is 1.07. The van der Waals surface area contributed by atoms with Crippen molar-refractivity contribution in [1.82, 2.24) is 10.2 Å². The number of thioether (sulfide) groups is 1. The maximum atomic E-state index is 12.1. The Hall–Kier alpha value is -1.20. The first-order chi connectivity index (χ1) is 9.17. The molecule has 0 aromatic heterocycles. The fourth-order valence-electron chi connectivity index (χ4n) is 2.43. The maximum Gasteiger partial charge on any atom is 0.238 e. The minimum atomic E-state index is -0.0512. The predicted molar refractivity (Wildman–Crippen MR) is 78.4 cm³/mol. The van der Waals surface area contributed by atoms with Crippen molar-refractivity contribution in [2.75, 3.05) is 25.7 Å². The van der Waals surface area contributed by atoms with Gasteiger partial charge in [-0.25, -0.2) is 0 Å². The van der Waals surface area contributed by atoms with E-state index >= 15 is 0 Å². The third-order valence-corrected chi connectivity index (χ3v) is 4.12. The number of hydrogen-bond donors (Lipinski definition) is 1. The van der Waals surface area contributed by atoms with Gasteiger partial charge in [0.05, 0.1) is 13.7 Å². The molecule has 1 aliphatic rings. The van der Waals surface area contributed by atoms with Crippen molar-refractivity contribution in [2.24, 2.45) is 0 Å². The summed E-state index contributed by atoms with van der Waals surface area (Å²) in [5, 5.41) is 3.27. The molecule has 1 fully saturated rings. The second kappa shape index (κ2) is 6.30. The molecule has 1 aliphatic heterocycles. The Bertz CT molecular complexity index is 453. The number of hydrogen-bond acceptors (Lipinski definition) is 4. The molecule has 0 radical (unpaired) electrons. The summed E-state index contributed by atoms with van der Waals surface area (Å²) in [5.74, 6) is 1.92.